The first-order valence-electron chi connectivity index (χ1n) is 10.7. The van der Waals surface area contributed by atoms with E-state index in [1.807, 2.05) is 51.1 Å². The summed E-state index contributed by atoms with van der Waals surface area (Å²) >= 11 is 0. The first-order valence-corrected chi connectivity index (χ1v) is 10.7. The molecule has 1 aliphatic rings. The van der Waals surface area contributed by atoms with E-state index in [1.54, 1.807) is 6.26 Å². The van der Waals surface area contributed by atoms with Crippen LogP contribution in [0.3, 0.4) is 0 Å². The fourth-order valence-electron chi connectivity index (χ4n) is 3.20. The predicted molar refractivity (Wildman–Crippen MR) is 135 cm³/mol. The molecular formula is C23H33IN4O4. The fraction of sp³-hybridized carbons (Fsp3) is 0.478. The molecule has 0 spiro atoms. The number of ether oxygens (including phenoxy) is 2. The van der Waals surface area contributed by atoms with E-state index in [-0.39, 0.29) is 30.0 Å². The topological polar surface area (TPSA) is 97.1 Å². The number of hydrogen-bond acceptors (Lipinski definition) is 5. The van der Waals surface area contributed by atoms with Crippen molar-refractivity contribution in [1.29, 1.82) is 0 Å². The maximum atomic E-state index is 11.8. The van der Waals surface area contributed by atoms with E-state index in [0.29, 0.717) is 38.6 Å². The van der Waals surface area contributed by atoms with Gasteiger partial charge < -0.3 is 29.8 Å². The molecule has 1 unspecified atom stereocenters. The zero-order valence-corrected chi connectivity index (χ0v) is 21.2. The van der Waals surface area contributed by atoms with E-state index in [0.717, 1.165) is 23.5 Å². The lowest BCUT2D eigenvalue weighted by Crippen LogP contribution is -2.44. The Bertz CT molecular complexity index is 865. The number of guanidine groups is 1. The number of nitrogens with one attached hydrogen (secondary N) is 3. The number of carbonyl (C=O) groups excluding carboxylic acids is 1. The van der Waals surface area contributed by atoms with Gasteiger partial charge in [-0.25, -0.2) is 4.79 Å². The predicted octanol–water partition coefficient (Wildman–Crippen LogP) is 4.02. The van der Waals surface area contributed by atoms with Crippen molar-refractivity contribution in [2.75, 3.05) is 26.2 Å². The number of alkyl carbamates (subject to hydrolysis) is 1. The number of benzene rings is 1. The summed E-state index contributed by atoms with van der Waals surface area (Å²) in [6, 6.07) is 11.9. The van der Waals surface area contributed by atoms with Crippen molar-refractivity contribution in [2.24, 2.45) is 4.99 Å². The summed E-state index contributed by atoms with van der Waals surface area (Å²) in [5.74, 6) is 2.47. The van der Waals surface area contributed by atoms with Crippen molar-refractivity contribution in [3.8, 4) is 5.75 Å². The quantitative estimate of drug-likeness (QED) is 0.206. The molecule has 0 bridgehead atoms. The van der Waals surface area contributed by atoms with Gasteiger partial charge >= 0.3 is 6.09 Å². The average molecular weight is 556 g/mol. The Labute approximate surface area is 206 Å². The highest BCUT2D eigenvalue weighted by molar-refractivity contribution is 14.0. The number of furan rings is 1. The molecule has 0 saturated heterocycles. The molecule has 0 fully saturated rings. The number of halogens is 1. The first-order chi connectivity index (χ1) is 14.9. The number of fused-ring (bicyclic) bond motifs is 1. The molecule has 1 amide bonds. The summed E-state index contributed by atoms with van der Waals surface area (Å²) < 4.78 is 16.4. The third kappa shape index (κ3) is 8.60. The van der Waals surface area contributed by atoms with Crippen LogP contribution in [0.5, 0.6) is 5.75 Å². The molecule has 2 heterocycles. The van der Waals surface area contributed by atoms with Crippen molar-refractivity contribution >= 4 is 36.0 Å². The molecule has 1 atom stereocenters. The second kappa shape index (κ2) is 12.6. The third-order valence-corrected chi connectivity index (χ3v) is 4.56. The molecule has 1 aromatic heterocycles. The Hall–Kier alpha value is -2.43. The SMILES string of the molecule is CC(C)(C)OC(=O)NCCNC(=NCCc1ccco1)NC1CCOc2ccccc21.I. The van der Waals surface area contributed by atoms with Crippen LogP contribution in [0.25, 0.3) is 0 Å². The van der Waals surface area contributed by atoms with Crippen molar-refractivity contribution in [3.63, 3.8) is 0 Å². The van der Waals surface area contributed by atoms with Gasteiger partial charge in [-0.3, -0.25) is 4.99 Å². The number of para-hydroxylation sites is 1. The largest absolute Gasteiger partial charge is 0.493 e. The van der Waals surface area contributed by atoms with Gasteiger partial charge in [0.25, 0.3) is 0 Å². The molecule has 3 rings (SSSR count). The smallest absolute Gasteiger partial charge is 0.407 e. The number of amides is 1. The van der Waals surface area contributed by atoms with Gasteiger partial charge in [0.05, 0.1) is 18.9 Å². The number of hydrogen-bond donors (Lipinski definition) is 3. The minimum atomic E-state index is -0.520. The zero-order valence-electron chi connectivity index (χ0n) is 18.8. The van der Waals surface area contributed by atoms with Gasteiger partial charge in [0.2, 0.25) is 0 Å². The van der Waals surface area contributed by atoms with Gasteiger partial charge in [0, 0.05) is 38.0 Å². The molecule has 0 saturated carbocycles. The van der Waals surface area contributed by atoms with E-state index in [1.165, 1.54) is 0 Å². The standard InChI is InChI=1S/C23H32N4O4.HI/c1-23(2,3)31-22(28)26-14-13-25-21(24-12-10-17-7-6-15-29-17)27-19-11-16-30-20-9-5-4-8-18(19)20;/h4-9,15,19H,10-14,16H2,1-3H3,(H,26,28)(H2,24,25,27);1H. The third-order valence-electron chi connectivity index (χ3n) is 4.56. The molecule has 8 nitrogen and oxygen atoms in total. The molecular weight excluding hydrogens is 523 g/mol. The van der Waals surface area contributed by atoms with Crippen LogP contribution in [0.4, 0.5) is 4.79 Å². The molecule has 1 aromatic carbocycles. The van der Waals surface area contributed by atoms with Crippen LogP contribution < -0.4 is 20.7 Å². The van der Waals surface area contributed by atoms with Gasteiger partial charge in [-0.2, -0.15) is 0 Å². The van der Waals surface area contributed by atoms with Crippen molar-refractivity contribution in [2.45, 2.75) is 45.3 Å². The summed E-state index contributed by atoms with van der Waals surface area (Å²) in [4.78, 5) is 16.5. The van der Waals surface area contributed by atoms with Gasteiger partial charge in [-0.05, 0) is 39.0 Å². The summed E-state index contributed by atoms with van der Waals surface area (Å²) in [5.41, 5.74) is 0.592. The highest BCUT2D eigenvalue weighted by Gasteiger charge is 2.22. The maximum absolute atomic E-state index is 11.8. The van der Waals surface area contributed by atoms with Gasteiger partial charge in [0.1, 0.15) is 17.1 Å². The summed E-state index contributed by atoms with van der Waals surface area (Å²) in [6.45, 7) is 7.66. The molecule has 9 heteroatoms. The maximum Gasteiger partial charge on any atom is 0.407 e. The van der Waals surface area contributed by atoms with Gasteiger partial charge in [0.15, 0.2) is 5.96 Å². The highest BCUT2D eigenvalue weighted by atomic mass is 127. The summed E-state index contributed by atoms with van der Waals surface area (Å²) in [6.07, 6.45) is 2.78. The Morgan fingerprint density at radius 3 is 2.69 bits per heavy atom. The molecule has 176 valence electrons. The van der Waals surface area contributed by atoms with Gasteiger partial charge in [-0.15, -0.1) is 24.0 Å². The molecule has 3 N–H and O–H groups in total. The Morgan fingerprint density at radius 1 is 1.16 bits per heavy atom. The lowest BCUT2D eigenvalue weighted by atomic mass is 10.0. The van der Waals surface area contributed by atoms with Crippen LogP contribution in [-0.4, -0.2) is 43.9 Å². The lowest BCUT2D eigenvalue weighted by molar-refractivity contribution is 0.0529. The molecule has 0 radical (unpaired) electrons. The van der Waals surface area contributed by atoms with Crippen LogP contribution in [0.15, 0.2) is 52.1 Å². The van der Waals surface area contributed by atoms with Crippen LogP contribution in [0.1, 0.15) is 44.6 Å². The minimum Gasteiger partial charge on any atom is -0.493 e. The van der Waals surface area contributed by atoms with Crippen LogP contribution in [0.2, 0.25) is 0 Å². The van der Waals surface area contributed by atoms with E-state index >= 15 is 0 Å². The fourth-order valence-corrected chi connectivity index (χ4v) is 3.20. The van der Waals surface area contributed by atoms with E-state index in [9.17, 15) is 4.79 Å². The van der Waals surface area contributed by atoms with Crippen LogP contribution in [0, 0.1) is 0 Å². The van der Waals surface area contributed by atoms with E-state index in [4.69, 9.17) is 18.9 Å². The number of carbonyl (C=O) groups is 1. The second-order valence-electron chi connectivity index (χ2n) is 8.29. The average Bonchev–Trinajstić information content (AvgIpc) is 3.23. The van der Waals surface area contributed by atoms with Crippen molar-refractivity contribution in [1.82, 2.24) is 16.0 Å². The van der Waals surface area contributed by atoms with Crippen LogP contribution >= 0.6 is 24.0 Å². The van der Waals surface area contributed by atoms with Crippen molar-refractivity contribution < 1.29 is 18.7 Å². The van der Waals surface area contributed by atoms with E-state index in [2.05, 4.69) is 22.0 Å². The Kier molecular flexibility index (Phi) is 10.1. The lowest BCUT2D eigenvalue weighted by Gasteiger charge is -2.28. The van der Waals surface area contributed by atoms with Crippen LogP contribution in [-0.2, 0) is 11.2 Å². The van der Waals surface area contributed by atoms with E-state index < -0.39 is 11.7 Å². The molecule has 1 aliphatic heterocycles. The molecule has 0 aliphatic carbocycles. The normalized spacial score (nSPS) is 15.6. The first kappa shape index (κ1) is 25.8. The monoisotopic (exact) mass is 556 g/mol. The minimum absolute atomic E-state index is 0. The molecule has 32 heavy (non-hydrogen) atoms. The van der Waals surface area contributed by atoms with Crippen molar-refractivity contribution in [3.05, 3.63) is 54.0 Å². The Balaban J connectivity index is 0.00000363. The zero-order chi connectivity index (χ0) is 22.1. The highest BCUT2D eigenvalue weighted by Crippen LogP contribution is 2.31. The second-order valence-corrected chi connectivity index (χ2v) is 8.29. The summed E-state index contributed by atoms with van der Waals surface area (Å²) in [5, 5.41) is 9.55. The van der Waals surface area contributed by atoms with Gasteiger partial charge in [-0.1, -0.05) is 18.2 Å². The number of rotatable bonds is 7. The number of nitrogens with zero attached hydrogens (tertiary/aromatic N) is 1. The Morgan fingerprint density at radius 2 is 1.94 bits per heavy atom. The summed E-state index contributed by atoms with van der Waals surface area (Å²) in [7, 11) is 0. The number of aliphatic imine (C=N–C) groups is 1. The molecule has 2 aromatic rings.